The molecular weight excluding hydrogens is 479 g/mol. The minimum absolute atomic E-state index is 0. The van der Waals surface area contributed by atoms with E-state index in [1.807, 2.05) is 90.8 Å². The average Bonchev–Trinajstić information content (AvgIpc) is 2.73. The molecule has 150 valence electrons. The van der Waals surface area contributed by atoms with E-state index in [2.05, 4.69) is 5.32 Å². The van der Waals surface area contributed by atoms with Crippen molar-refractivity contribution in [2.75, 3.05) is 19.0 Å². The van der Waals surface area contributed by atoms with Crippen LogP contribution in [-0.2, 0) is 11.8 Å². The lowest BCUT2D eigenvalue weighted by molar-refractivity contribution is -0.671. The first kappa shape index (κ1) is 22.4. The van der Waals surface area contributed by atoms with Gasteiger partial charge in [0.15, 0.2) is 30.5 Å². The van der Waals surface area contributed by atoms with Gasteiger partial charge in [0.05, 0.1) is 7.11 Å². The quantitative estimate of drug-likeness (QED) is 0.383. The van der Waals surface area contributed by atoms with Gasteiger partial charge in [-0.25, -0.2) is 4.57 Å². The van der Waals surface area contributed by atoms with E-state index in [9.17, 15) is 4.79 Å². The molecule has 0 saturated carbocycles. The lowest BCUT2D eigenvalue weighted by Crippen LogP contribution is -3.00. The van der Waals surface area contributed by atoms with Gasteiger partial charge >= 0.3 is 0 Å². The Hall–Kier alpha value is -2.87. The van der Waals surface area contributed by atoms with Crippen LogP contribution in [0.2, 0.25) is 0 Å². The van der Waals surface area contributed by atoms with Crippen LogP contribution in [0.5, 0.6) is 11.5 Å². The second kappa shape index (κ2) is 11.2. The van der Waals surface area contributed by atoms with Crippen molar-refractivity contribution in [2.45, 2.75) is 0 Å². The Morgan fingerprint density at radius 1 is 0.966 bits per heavy atom. The fraction of sp³-hybridized carbons (Fsp3) is 0.130. The molecule has 5 nitrogen and oxygen atoms in total. The molecule has 3 aromatic rings. The van der Waals surface area contributed by atoms with Crippen molar-refractivity contribution in [1.29, 1.82) is 0 Å². The number of carbonyl (C=O) groups is 1. The van der Waals surface area contributed by atoms with Crippen molar-refractivity contribution in [1.82, 2.24) is 0 Å². The van der Waals surface area contributed by atoms with Crippen LogP contribution in [0.4, 0.5) is 5.69 Å². The summed E-state index contributed by atoms with van der Waals surface area (Å²) in [6, 6.07) is 19.0. The van der Waals surface area contributed by atoms with E-state index < -0.39 is 0 Å². The average molecular weight is 502 g/mol. The number of anilines is 1. The lowest BCUT2D eigenvalue weighted by atomic mass is 10.1. The summed E-state index contributed by atoms with van der Waals surface area (Å²) in [4.78, 5) is 12.0. The van der Waals surface area contributed by atoms with Crippen molar-refractivity contribution < 1.29 is 42.8 Å². The fourth-order valence-corrected chi connectivity index (χ4v) is 2.59. The number of aromatic nitrogens is 1. The molecule has 1 amide bonds. The first-order chi connectivity index (χ1) is 13.6. The topological polar surface area (TPSA) is 51.4 Å². The molecule has 3 rings (SSSR count). The molecule has 0 fully saturated rings. The molecule has 1 N–H and O–H groups in total. The predicted molar refractivity (Wildman–Crippen MR) is 110 cm³/mol. The largest absolute Gasteiger partial charge is 1.00 e. The molecule has 0 aliphatic rings. The lowest BCUT2D eigenvalue weighted by Gasteiger charge is -2.11. The molecule has 0 atom stereocenters. The number of nitrogens with one attached hydrogen (secondary N) is 1. The van der Waals surface area contributed by atoms with E-state index in [4.69, 9.17) is 9.47 Å². The van der Waals surface area contributed by atoms with Gasteiger partial charge in [-0.15, -0.1) is 0 Å². The summed E-state index contributed by atoms with van der Waals surface area (Å²) in [5, 5.41) is 2.79. The first-order valence-electron chi connectivity index (χ1n) is 8.93. The molecule has 6 heteroatoms. The summed E-state index contributed by atoms with van der Waals surface area (Å²) in [6.45, 7) is -0.0958. The standard InChI is InChI=1S/C23H22N2O3.HI/c1-25-14-12-18(13-15-25)8-9-19-10-11-21(22(16-19)27-2)28-17-23(26)24-20-6-4-3-5-7-20;/h3-16H,17H2,1-2H3;1H/b9-8+;. The maximum absolute atomic E-state index is 12.0. The SMILES string of the molecule is COc1cc(/C=C/c2cc[n+](C)cc2)ccc1OCC(=O)Nc1ccccc1.[I-]. The van der Waals surface area contributed by atoms with Crippen LogP contribution in [0, 0.1) is 0 Å². The van der Waals surface area contributed by atoms with E-state index in [0.717, 1.165) is 16.8 Å². The summed E-state index contributed by atoms with van der Waals surface area (Å²) in [5.74, 6) is 0.873. The number of pyridine rings is 1. The number of rotatable bonds is 7. The number of hydrogen-bond donors (Lipinski definition) is 1. The van der Waals surface area contributed by atoms with Gasteiger partial charge in [-0.3, -0.25) is 4.79 Å². The van der Waals surface area contributed by atoms with Crippen LogP contribution in [-0.4, -0.2) is 19.6 Å². The number of hydrogen-bond acceptors (Lipinski definition) is 3. The minimum atomic E-state index is -0.227. The smallest absolute Gasteiger partial charge is 0.262 e. The Balaban J connectivity index is 0.00000300. The third kappa shape index (κ3) is 6.90. The van der Waals surface area contributed by atoms with Gasteiger partial charge in [0.2, 0.25) is 0 Å². The summed E-state index contributed by atoms with van der Waals surface area (Å²) >= 11 is 0. The molecule has 0 unspecified atom stereocenters. The number of benzene rings is 2. The third-order valence-corrected chi connectivity index (χ3v) is 4.08. The van der Waals surface area contributed by atoms with Crippen molar-refractivity contribution in [3.63, 3.8) is 0 Å². The molecule has 1 heterocycles. The fourth-order valence-electron chi connectivity index (χ4n) is 2.59. The van der Waals surface area contributed by atoms with Crippen LogP contribution in [0.1, 0.15) is 11.1 Å². The molecule has 0 saturated heterocycles. The maximum Gasteiger partial charge on any atom is 0.262 e. The van der Waals surface area contributed by atoms with Gasteiger partial charge in [0, 0.05) is 17.8 Å². The number of methoxy groups -OCH3 is 1. The monoisotopic (exact) mass is 502 g/mol. The molecule has 0 spiro atoms. The van der Waals surface area contributed by atoms with Crippen LogP contribution in [0.3, 0.4) is 0 Å². The normalized spacial score (nSPS) is 10.3. The number of carbonyl (C=O) groups excluding carboxylic acids is 1. The van der Waals surface area contributed by atoms with E-state index >= 15 is 0 Å². The Kier molecular flexibility index (Phi) is 8.67. The highest BCUT2D eigenvalue weighted by Gasteiger charge is 2.08. The minimum Gasteiger partial charge on any atom is -1.00 e. The van der Waals surface area contributed by atoms with Crippen molar-refractivity contribution in [3.8, 4) is 11.5 Å². The van der Waals surface area contributed by atoms with Crippen molar-refractivity contribution >= 4 is 23.7 Å². The van der Waals surface area contributed by atoms with Crippen LogP contribution < -0.4 is 43.3 Å². The number of halogens is 1. The zero-order valence-corrected chi connectivity index (χ0v) is 18.5. The highest BCUT2D eigenvalue weighted by molar-refractivity contribution is 5.91. The molecule has 2 aromatic carbocycles. The number of amides is 1. The van der Waals surface area contributed by atoms with Gasteiger partial charge in [-0.2, -0.15) is 0 Å². The third-order valence-electron chi connectivity index (χ3n) is 4.08. The van der Waals surface area contributed by atoms with E-state index in [1.165, 1.54) is 0 Å². The van der Waals surface area contributed by atoms with Crippen molar-refractivity contribution in [2.24, 2.45) is 7.05 Å². The number of nitrogens with zero attached hydrogens (tertiary/aromatic N) is 1. The Labute approximate surface area is 188 Å². The second-order valence-electron chi connectivity index (χ2n) is 6.24. The van der Waals surface area contributed by atoms with Gasteiger partial charge in [0.1, 0.15) is 7.05 Å². The maximum atomic E-state index is 12.0. The van der Waals surface area contributed by atoms with Crippen molar-refractivity contribution in [3.05, 3.63) is 84.2 Å². The van der Waals surface area contributed by atoms with Gasteiger partial charge in [-0.1, -0.05) is 36.4 Å². The Morgan fingerprint density at radius 3 is 2.34 bits per heavy atom. The highest BCUT2D eigenvalue weighted by Crippen LogP contribution is 2.28. The molecule has 1 aromatic heterocycles. The van der Waals surface area contributed by atoms with Gasteiger partial charge < -0.3 is 38.8 Å². The van der Waals surface area contributed by atoms with Gasteiger partial charge in [-0.05, 0) is 35.4 Å². The van der Waals surface area contributed by atoms with Crippen LogP contribution in [0.15, 0.2) is 73.1 Å². The molecule has 0 aliphatic heterocycles. The summed E-state index contributed by atoms with van der Waals surface area (Å²) in [6.07, 6.45) is 8.03. The van der Waals surface area contributed by atoms with E-state index in [0.29, 0.717) is 11.5 Å². The van der Waals surface area contributed by atoms with Crippen LogP contribution >= 0.6 is 0 Å². The zero-order chi connectivity index (χ0) is 19.8. The molecular formula is C23H23IN2O3. The molecule has 0 bridgehead atoms. The zero-order valence-electron chi connectivity index (χ0n) is 16.3. The Morgan fingerprint density at radius 2 is 1.66 bits per heavy atom. The highest BCUT2D eigenvalue weighted by atomic mass is 127. The number of ether oxygens (including phenoxy) is 2. The van der Waals surface area contributed by atoms with E-state index in [1.54, 1.807) is 13.2 Å². The molecule has 29 heavy (non-hydrogen) atoms. The predicted octanol–water partition coefficient (Wildman–Crippen LogP) is 0.712. The van der Waals surface area contributed by atoms with E-state index in [-0.39, 0.29) is 36.5 Å². The molecule has 0 radical (unpaired) electrons. The van der Waals surface area contributed by atoms with Crippen LogP contribution in [0.25, 0.3) is 12.2 Å². The summed E-state index contributed by atoms with van der Waals surface area (Å²) in [5.41, 5.74) is 2.82. The second-order valence-corrected chi connectivity index (χ2v) is 6.24. The number of aryl methyl sites for hydroxylation is 1. The summed E-state index contributed by atoms with van der Waals surface area (Å²) in [7, 11) is 3.56. The summed E-state index contributed by atoms with van der Waals surface area (Å²) < 4.78 is 13.0. The number of para-hydroxylation sites is 1. The Bertz CT molecular complexity index is 958. The molecule has 0 aliphatic carbocycles. The first-order valence-corrected chi connectivity index (χ1v) is 8.93. The van der Waals surface area contributed by atoms with Gasteiger partial charge in [0.25, 0.3) is 5.91 Å².